The van der Waals surface area contributed by atoms with Crippen molar-refractivity contribution in [3.05, 3.63) is 118 Å². The molecule has 0 saturated carbocycles. The van der Waals surface area contributed by atoms with Crippen LogP contribution >= 0.6 is 0 Å². The molecule has 26 nitrogen and oxygen atoms in total. The van der Waals surface area contributed by atoms with Gasteiger partial charge < -0.3 is 68.6 Å². The van der Waals surface area contributed by atoms with Gasteiger partial charge in [0, 0.05) is 33.4 Å². The van der Waals surface area contributed by atoms with Crippen LogP contribution in [0.2, 0.25) is 0 Å². The summed E-state index contributed by atoms with van der Waals surface area (Å²) in [6.45, 7) is -0.482. The highest BCUT2D eigenvalue weighted by atomic mass is 16.6. The molecule has 0 heterocycles. The second-order valence-corrected chi connectivity index (χ2v) is 17.4. The lowest BCUT2D eigenvalue weighted by atomic mass is 9.92. The number of nitrogens with one attached hydrogen (secondary N) is 4. The lowest BCUT2D eigenvalue weighted by molar-refractivity contribution is -0.149. The molecule has 0 aliphatic carbocycles. The number of hydrogen-bond donors (Lipinski definition) is 4. The summed E-state index contributed by atoms with van der Waals surface area (Å²) in [5, 5.41) is 12.1. The molecule has 4 atom stereocenters. The minimum absolute atomic E-state index is 0.0845. The van der Waals surface area contributed by atoms with Crippen LogP contribution in [0.25, 0.3) is 21.5 Å². The monoisotopic (exact) mass is 1140 g/mol. The van der Waals surface area contributed by atoms with E-state index in [1.165, 1.54) is 24.3 Å². The molecule has 0 spiro atoms. The number of carbonyl (C=O) groups excluding carboxylic acids is 12. The third-order valence-corrected chi connectivity index (χ3v) is 12.3. The first kappa shape index (κ1) is 62.7. The summed E-state index contributed by atoms with van der Waals surface area (Å²) in [6, 6.07) is 15.3. The first-order valence-corrected chi connectivity index (χ1v) is 24.5. The summed E-state index contributed by atoms with van der Waals surface area (Å²) in [4.78, 5) is 155. The first-order chi connectivity index (χ1) is 39.2. The number of ether oxygens (including phenoxy) is 10. The number of esters is 8. The van der Waals surface area contributed by atoms with Crippen molar-refractivity contribution in [2.75, 3.05) is 56.9 Å². The molecule has 0 saturated heterocycles. The molecule has 0 radical (unpaired) electrons. The van der Waals surface area contributed by atoms with Crippen LogP contribution in [0.1, 0.15) is 78.2 Å². The van der Waals surface area contributed by atoms with Crippen LogP contribution in [0.5, 0.6) is 11.5 Å². The highest BCUT2D eigenvalue weighted by Gasteiger charge is 2.31. The molecular formula is C56H58N4O22. The minimum atomic E-state index is -1.53. The quantitative estimate of drug-likeness (QED) is 0.0351. The van der Waals surface area contributed by atoms with E-state index >= 15 is 0 Å². The van der Waals surface area contributed by atoms with Crippen molar-refractivity contribution in [1.29, 1.82) is 0 Å². The van der Waals surface area contributed by atoms with E-state index in [1.807, 2.05) is 0 Å². The average molecular weight is 1140 g/mol. The van der Waals surface area contributed by atoms with Gasteiger partial charge >= 0.3 is 47.8 Å². The van der Waals surface area contributed by atoms with Gasteiger partial charge in [-0.25, -0.2) is 19.2 Å². The summed E-state index contributed by atoms with van der Waals surface area (Å²) < 4.78 is 50.6. The van der Waals surface area contributed by atoms with Gasteiger partial charge in [-0.2, -0.15) is 0 Å². The highest BCUT2D eigenvalue weighted by Crippen LogP contribution is 2.35. The fourth-order valence-electron chi connectivity index (χ4n) is 8.13. The molecule has 5 aromatic carbocycles. The molecule has 0 fully saturated rings. The van der Waals surface area contributed by atoms with E-state index < -0.39 is 121 Å². The normalized spacial score (nSPS) is 12.1. The predicted octanol–water partition coefficient (Wildman–Crippen LogP) is 2.49. The van der Waals surface area contributed by atoms with Gasteiger partial charge in [-0.05, 0) is 57.9 Å². The Balaban J connectivity index is 1.58. The van der Waals surface area contributed by atoms with Crippen LogP contribution in [0.15, 0.2) is 84.9 Å². The lowest BCUT2D eigenvalue weighted by Gasteiger charge is -2.20. The number of carbonyl (C=O) groups is 12. The van der Waals surface area contributed by atoms with Crippen molar-refractivity contribution in [2.45, 2.75) is 63.1 Å². The van der Waals surface area contributed by atoms with E-state index in [9.17, 15) is 57.5 Å². The zero-order valence-electron chi connectivity index (χ0n) is 45.6. The molecule has 0 bridgehead atoms. The molecule has 4 amide bonds. The Morgan fingerprint density at radius 1 is 0.329 bits per heavy atom. The van der Waals surface area contributed by atoms with Crippen molar-refractivity contribution in [3.63, 3.8) is 0 Å². The van der Waals surface area contributed by atoms with Crippen LogP contribution in [0, 0.1) is 0 Å². The highest BCUT2D eigenvalue weighted by molar-refractivity contribution is 6.07. The molecule has 26 heteroatoms. The van der Waals surface area contributed by atoms with E-state index in [1.54, 1.807) is 48.5 Å². The number of benzene rings is 5. The van der Waals surface area contributed by atoms with E-state index in [-0.39, 0.29) is 47.0 Å². The number of amides is 4. The standard InChI is InChI=1S/C56H58N4O22/c1-73-45(61)23-41(53(69)77-5)57-49(65)29-17-30(50(66)58-42(54(70)78-6)24-46(62)74-2)20-33(19-29)81-27-39-35-13-9-11-15-37(35)40(38-16-12-10-14-36(38)39)28-82-34-21-31(51(67)59-43(55(71)79-7)25-47(63)75-3)18-32(22-34)52(68)60-44(56(72)80-8)26-48(64)76-4/h9-22,41-44H,23-28H2,1-8H3,(H,57,65)(H,58,66)(H,59,67)(H,60,68)/t41-,42-,43-,44-/m0/s1. The van der Waals surface area contributed by atoms with Crippen molar-refractivity contribution >= 4 is 92.9 Å². The van der Waals surface area contributed by atoms with Crippen LogP contribution in [0.3, 0.4) is 0 Å². The Bertz CT molecular complexity index is 2870. The van der Waals surface area contributed by atoms with Gasteiger partial charge in [0.15, 0.2) is 0 Å². The van der Waals surface area contributed by atoms with Crippen molar-refractivity contribution in [1.82, 2.24) is 21.3 Å². The van der Waals surface area contributed by atoms with Crippen LogP contribution in [0.4, 0.5) is 0 Å². The average Bonchev–Trinajstić information content (AvgIpc) is 3.69. The molecule has 82 heavy (non-hydrogen) atoms. The summed E-state index contributed by atoms with van der Waals surface area (Å²) in [5.41, 5.74) is 0.120. The molecule has 4 N–H and O–H groups in total. The Kier molecular flexibility index (Phi) is 22.7. The van der Waals surface area contributed by atoms with Gasteiger partial charge in [-0.3, -0.25) is 38.4 Å². The zero-order chi connectivity index (χ0) is 60.2. The van der Waals surface area contributed by atoms with Crippen molar-refractivity contribution in [2.24, 2.45) is 0 Å². The maximum absolute atomic E-state index is 13.9. The van der Waals surface area contributed by atoms with Crippen LogP contribution < -0.4 is 30.7 Å². The number of fused-ring (bicyclic) bond motifs is 2. The molecule has 434 valence electrons. The molecular weight excluding hydrogens is 1080 g/mol. The lowest BCUT2D eigenvalue weighted by Crippen LogP contribution is -2.44. The number of rotatable bonds is 26. The van der Waals surface area contributed by atoms with Crippen molar-refractivity contribution < 1.29 is 105 Å². The van der Waals surface area contributed by atoms with Gasteiger partial charge in [0.05, 0.1) is 82.6 Å². The third kappa shape index (κ3) is 16.5. The van der Waals surface area contributed by atoms with Crippen LogP contribution in [-0.2, 0) is 89.5 Å². The summed E-state index contributed by atoms with van der Waals surface area (Å²) in [7, 11) is 8.49. The molecule has 5 aromatic rings. The Labute approximate surface area is 467 Å². The SMILES string of the molecule is COC(=O)C[C@H](NC(=O)c1cc(OCc2c3ccccc3c(COc3cc(C(=O)N[C@@H](CC(=O)OC)C(=O)OC)cc(C(=O)N[C@@H](CC(=O)OC)C(=O)OC)c3)c3ccccc23)cc(C(=O)N[C@@H](CC(=O)OC)C(=O)OC)c1)C(=O)OC. The largest absolute Gasteiger partial charge is 0.489 e. The van der Waals surface area contributed by atoms with E-state index in [0.29, 0.717) is 32.7 Å². The molecule has 0 aromatic heterocycles. The predicted molar refractivity (Wildman–Crippen MR) is 283 cm³/mol. The number of hydrogen-bond acceptors (Lipinski definition) is 22. The summed E-state index contributed by atoms with van der Waals surface area (Å²) in [6.07, 6.45) is -2.47. The molecule has 0 unspecified atom stereocenters. The minimum Gasteiger partial charge on any atom is -0.489 e. The molecule has 0 aliphatic heterocycles. The van der Waals surface area contributed by atoms with E-state index in [4.69, 9.17) is 28.4 Å². The third-order valence-electron chi connectivity index (χ3n) is 12.3. The molecule has 0 aliphatic rings. The van der Waals surface area contributed by atoms with Gasteiger partial charge in [-0.1, -0.05) is 48.5 Å². The first-order valence-electron chi connectivity index (χ1n) is 24.5. The van der Waals surface area contributed by atoms with Gasteiger partial charge in [-0.15, -0.1) is 0 Å². The summed E-state index contributed by atoms with van der Waals surface area (Å²) >= 11 is 0. The second-order valence-electron chi connectivity index (χ2n) is 17.4. The Morgan fingerprint density at radius 3 is 0.744 bits per heavy atom. The molecule has 5 rings (SSSR count). The van der Waals surface area contributed by atoms with E-state index in [0.717, 1.165) is 69.0 Å². The van der Waals surface area contributed by atoms with Gasteiger partial charge in [0.2, 0.25) is 0 Å². The van der Waals surface area contributed by atoms with Crippen molar-refractivity contribution in [3.8, 4) is 11.5 Å². The smallest absolute Gasteiger partial charge is 0.328 e. The van der Waals surface area contributed by atoms with Gasteiger partial charge in [0.1, 0.15) is 48.9 Å². The summed E-state index contributed by atoms with van der Waals surface area (Å²) in [5.74, 6) is -11.4. The Morgan fingerprint density at radius 2 is 0.549 bits per heavy atom. The maximum Gasteiger partial charge on any atom is 0.328 e. The fraction of sp³-hybridized carbons (Fsp3) is 0.321. The van der Waals surface area contributed by atoms with Gasteiger partial charge in [0.25, 0.3) is 23.6 Å². The number of methoxy groups -OCH3 is 8. The Hall–Kier alpha value is -10.1. The second kappa shape index (κ2) is 29.7. The zero-order valence-corrected chi connectivity index (χ0v) is 45.6. The topological polar surface area (TPSA) is 345 Å². The van der Waals surface area contributed by atoms with E-state index in [2.05, 4.69) is 40.2 Å². The van der Waals surface area contributed by atoms with Crippen LogP contribution in [-0.4, -0.2) is 152 Å². The fourth-order valence-corrected chi connectivity index (χ4v) is 8.13. The maximum atomic E-state index is 13.9.